The van der Waals surface area contributed by atoms with Crippen LogP contribution in [0.5, 0.6) is 0 Å². The van der Waals surface area contributed by atoms with Crippen LogP contribution >= 0.6 is 0 Å². The van der Waals surface area contributed by atoms with E-state index >= 15 is 0 Å². The van der Waals surface area contributed by atoms with Crippen molar-refractivity contribution >= 4 is 0 Å². The second-order valence-corrected chi connectivity index (χ2v) is 3.54. The largest absolute Gasteiger partial charge is 0.245 e. The summed E-state index contributed by atoms with van der Waals surface area (Å²) in [5, 5.41) is 0. The third-order valence-corrected chi connectivity index (χ3v) is 2.38. The molecule has 0 saturated heterocycles. The second-order valence-electron chi connectivity index (χ2n) is 3.54. The van der Waals surface area contributed by atoms with Crippen molar-refractivity contribution in [2.75, 3.05) is 0 Å². The molecular formula is C13H14N2. The highest BCUT2D eigenvalue weighted by molar-refractivity contribution is 5.14. The summed E-state index contributed by atoms with van der Waals surface area (Å²) in [5.41, 5.74) is 2.52. The van der Waals surface area contributed by atoms with Crippen LogP contribution in [0.15, 0.2) is 48.9 Å². The first-order valence-electron chi connectivity index (χ1n) is 5.24. The number of aromatic nitrogens is 2. The summed E-state index contributed by atoms with van der Waals surface area (Å²) >= 11 is 0. The van der Waals surface area contributed by atoms with Gasteiger partial charge in [-0.05, 0) is 30.9 Å². The van der Waals surface area contributed by atoms with Gasteiger partial charge in [0.05, 0.1) is 0 Å². The first-order chi connectivity index (χ1) is 7.45. The van der Waals surface area contributed by atoms with Crippen molar-refractivity contribution in [2.45, 2.75) is 19.3 Å². The number of hydrogen-bond acceptors (Lipinski definition) is 2. The van der Waals surface area contributed by atoms with Crippen LogP contribution in [-0.2, 0) is 12.8 Å². The van der Waals surface area contributed by atoms with Gasteiger partial charge in [0.25, 0.3) is 0 Å². The molecule has 2 rings (SSSR count). The molecule has 2 nitrogen and oxygen atoms in total. The Kier molecular flexibility index (Phi) is 3.44. The maximum absolute atomic E-state index is 4.20. The Morgan fingerprint density at radius 3 is 2.53 bits per heavy atom. The quantitative estimate of drug-likeness (QED) is 0.754. The normalized spacial score (nSPS) is 10.1. The number of benzene rings is 1. The molecule has 0 unspecified atom stereocenters. The first-order valence-corrected chi connectivity index (χ1v) is 5.24. The summed E-state index contributed by atoms with van der Waals surface area (Å²) in [6.07, 6.45) is 6.69. The summed E-state index contributed by atoms with van der Waals surface area (Å²) in [6, 6.07) is 12.5. The topological polar surface area (TPSA) is 25.8 Å². The Hall–Kier alpha value is -1.70. The molecule has 0 aliphatic heterocycles. The summed E-state index contributed by atoms with van der Waals surface area (Å²) in [4.78, 5) is 8.10. The Morgan fingerprint density at radius 2 is 1.80 bits per heavy atom. The molecule has 0 aliphatic rings. The van der Waals surface area contributed by atoms with Gasteiger partial charge in [-0.1, -0.05) is 30.3 Å². The van der Waals surface area contributed by atoms with E-state index in [0.29, 0.717) is 0 Å². The SMILES string of the molecule is c1ccc(CCCc2ccncn2)cc1. The van der Waals surface area contributed by atoms with E-state index in [1.165, 1.54) is 5.56 Å². The lowest BCUT2D eigenvalue weighted by Gasteiger charge is -2.00. The molecule has 1 heterocycles. The van der Waals surface area contributed by atoms with Crippen molar-refractivity contribution < 1.29 is 0 Å². The van der Waals surface area contributed by atoms with E-state index in [2.05, 4.69) is 34.2 Å². The van der Waals surface area contributed by atoms with E-state index in [1.807, 2.05) is 12.1 Å². The Balaban J connectivity index is 1.81. The lowest BCUT2D eigenvalue weighted by atomic mass is 10.1. The summed E-state index contributed by atoms with van der Waals surface area (Å²) < 4.78 is 0. The molecule has 1 aromatic carbocycles. The predicted octanol–water partition coefficient (Wildman–Crippen LogP) is 2.65. The minimum atomic E-state index is 1.03. The number of nitrogens with zero attached hydrogens (tertiary/aromatic N) is 2. The first kappa shape index (κ1) is 9.84. The van der Waals surface area contributed by atoms with Gasteiger partial charge in [-0.25, -0.2) is 9.97 Å². The van der Waals surface area contributed by atoms with Crippen LogP contribution in [0.4, 0.5) is 0 Å². The van der Waals surface area contributed by atoms with Gasteiger partial charge in [0.1, 0.15) is 6.33 Å². The van der Waals surface area contributed by atoms with Gasteiger partial charge in [0, 0.05) is 11.9 Å². The van der Waals surface area contributed by atoms with Crippen molar-refractivity contribution in [3.63, 3.8) is 0 Å². The van der Waals surface area contributed by atoms with E-state index in [9.17, 15) is 0 Å². The molecule has 1 aromatic heterocycles. The van der Waals surface area contributed by atoms with Crippen LogP contribution in [-0.4, -0.2) is 9.97 Å². The fraction of sp³-hybridized carbons (Fsp3) is 0.231. The maximum atomic E-state index is 4.20. The van der Waals surface area contributed by atoms with Crippen LogP contribution in [0, 0.1) is 0 Å². The summed E-state index contributed by atoms with van der Waals surface area (Å²) in [7, 11) is 0. The maximum Gasteiger partial charge on any atom is 0.115 e. The standard InChI is InChI=1S/C13H14N2/c1-2-5-12(6-3-1)7-4-8-13-9-10-14-11-15-13/h1-3,5-6,9-11H,4,7-8H2. The van der Waals surface area contributed by atoms with Gasteiger partial charge in [0.2, 0.25) is 0 Å². The van der Waals surface area contributed by atoms with Crippen LogP contribution in [0.3, 0.4) is 0 Å². The smallest absolute Gasteiger partial charge is 0.115 e. The molecular weight excluding hydrogens is 184 g/mol. The monoisotopic (exact) mass is 198 g/mol. The molecule has 2 aromatic rings. The van der Waals surface area contributed by atoms with Gasteiger partial charge < -0.3 is 0 Å². The average Bonchev–Trinajstić information content (AvgIpc) is 2.32. The molecule has 0 saturated carbocycles. The van der Waals surface area contributed by atoms with Gasteiger partial charge in [-0.2, -0.15) is 0 Å². The zero-order valence-electron chi connectivity index (χ0n) is 8.63. The van der Waals surface area contributed by atoms with Crippen molar-refractivity contribution in [3.8, 4) is 0 Å². The third-order valence-electron chi connectivity index (χ3n) is 2.38. The van der Waals surface area contributed by atoms with Crippen molar-refractivity contribution in [1.82, 2.24) is 9.97 Å². The van der Waals surface area contributed by atoms with E-state index in [0.717, 1.165) is 25.0 Å². The highest BCUT2D eigenvalue weighted by Crippen LogP contribution is 2.05. The molecule has 0 amide bonds. The Labute approximate surface area is 90.0 Å². The molecule has 15 heavy (non-hydrogen) atoms. The van der Waals surface area contributed by atoms with E-state index in [-0.39, 0.29) is 0 Å². The van der Waals surface area contributed by atoms with E-state index in [1.54, 1.807) is 12.5 Å². The molecule has 0 fully saturated rings. The molecule has 2 heteroatoms. The highest BCUT2D eigenvalue weighted by Gasteiger charge is 1.95. The lowest BCUT2D eigenvalue weighted by Crippen LogP contribution is -1.92. The van der Waals surface area contributed by atoms with Crippen LogP contribution < -0.4 is 0 Å². The fourth-order valence-electron chi connectivity index (χ4n) is 1.58. The Bertz CT molecular complexity index is 344. The minimum absolute atomic E-state index is 1.03. The molecule has 76 valence electrons. The van der Waals surface area contributed by atoms with Crippen LogP contribution in [0.1, 0.15) is 17.7 Å². The van der Waals surface area contributed by atoms with Gasteiger partial charge in [-0.15, -0.1) is 0 Å². The van der Waals surface area contributed by atoms with Crippen molar-refractivity contribution in [2.24, 2.45) is 0 Å². The fourth-order valence-corrected chi connectivity index (χ4v) is 1.58. The predicted molar refractivity (Wildman–Crippen MR) is 60.5 cm³/mol. The molecule has 0 N–H and O–H groups in total. The molecule has 0 atom stereocenters. The third kappa shape index (κ3) is 3.17. The molecule has 0 bridgehead atoms. The molecule has 0 spiro atoms. The van der Waals surface area contributed by atoms with Gasteiger partial charge in [0.15, 0.2) is 0 Å². The van der Waals surface area contributed by atoms with Crippen LogP contribution in [0.25, 0.3) is 0 Å². The number of hydrogen-bond donors (Lipinski definition) is 0. The summed E-state index contributed by atoms with van der Waals surface area (Å²) in [5.74, 6) is 0. The van der Waals surface area contributed by atoms with Gasteiger partial charge in [-0.3, -0.25) is 0 Å². The summed E-state index contributed by atoms with van der Waals surface area (Å²) in [6.45, 7) is 0. The second kappa shape index (κ2) is 5.25. The average molecular weight is 198 g/mol. The van der Waals surface area contributed by atoms with Crippen molar-refractivity contribution in [1.29, 1.82) is 0 Å². The van der Waals surface area contributed by atoms with Crippen LogP contribution in [0.2, 0.25) is 0 Å². The molecule has 0 aliphatic carbocycles. The lowest BCUT2D eigenvalue weighted by molar-refractivity contribution is 0.795. The zero-order valence-corrected chi connectivity index (χ0v) is 8.63. The number of aryl methyl sites for hydroxylation is 2. The van der Waals surface area contributed by atoms with E-state index in [4.69, 9.17) is 0 Å². The zero-order chi connectivity index (χ0) is 10.3. The van der Waals surface area contributed by atoms with Crippen molar-refractivity contribution in [3.05, 3.63) is 60.2 Å². The Morgan fingerprint density at radius 1 is 0.933 bits per heavy atom. The molecule has 0 radical (unpaired) electrons. The van der Waals surface area contributed by atoms with E-state index < -0.39 is 0 Å². The number of rotatable bonds is 4. The highest BCUT2D eigenvalue weighted by atomic mass is 14.8. The van der Waals surface area contributed by atoms with Gasteiger partial charge >= 0.3 is 0 Å². The minimum Gasteiger partial charge on any atom is -0.245 e.